The standard InChI is InChI=1S/C14H26O/c1-11-7-6-8-12(2)13(10-9-11)15-14(3,4)5/h7,12-13H,6,8-10H2,1-5H3/b11-7-. The smallest absolute Gasteiger partial charge is 0.0610 e. The molecule has 0 saturated carbocycles. The van der Waals surface area contributed by atoms with Crippen LogP contribution in [0.5, 0.6) is 0 Å². The molecule has 0 saturated heterocycles. The summed E-state index contributed by atoms with van der Waals surface area (Å²) >= 11 is 0. The summed E-state index contributed by atoms with van der Waals surface area (Å²) in [5.74, 6) is 0.688. The second kappa shape index (κ2) is 5.16. The molecule has 0 amide bonds. The zero-order valence-electron chi connectivity index (χ0n) is 11.0. The predicted octanol–water partition coefficient (Wildman–Crippen LogP) is 4.33. The fourth-order valence-corrected chi connectivity index (χ4v) is 2.16. The van der Waals surface area contributed by atoms with Crippen LogP contribution in [0.3, 0.4) is 0 Å². The van der Waals surface area contributed by atoms with Crippen LogP contribution >= 0.6 is 0 Å². The third-order valence-electron chi connectivity index (χ3n) is 3.08. The third-order valence-corrected chi connectivity index (χ3v) is 3.08. The SMILES string of the molecule is C/C1=C/CCC(C)C(OC(C)(C)C)CC1. The van der Waals surface area contributed by atoms with Crippen molar-refractivity contribution >= 4 is 0 Å². The Kier molecular flexibility index (Phi) is 4.39. The zero-order valence-corrected chi connectivity index (χ0v) is 11.0. The van der Waals surface area contributed by atoms with Gasteiger partial charge in [-0.2, -0.15) is 0 Å². The van der Waals surface area contributed by atoms with Crippen molar-refractivity contribution < 1.29 is 4.74 Å². The number of allylic oxidation sites excluding steroid dienone is 2. The Bertz CT molecular complexity index is 222. The molecule has 0 N–H and O–H groups in total. The summed E-state index contributed by atoms with van der Waals surface area (Å²) in [6.45, 7) is 11.0. The molecule has 0 aromatic rings. The van der Waals surface area contributed by atoms with Crippen molar-refractivity contribution in [2.45, 2.75) is 72.0 Å². The van der Waals surface area contributed by atoms with Crippen molar-refractivity contribution in [2.75, 3.05) is 0 Å². The van der Waals surface area contributed by atoms with E-state index in [1.54, 1.807) is 0 Å². The molecule has 1 heteroatoms. The minimum Gasteiger partial charge on any atom is -0.372 e. The van der Waals surface area contributed by atoms with Crippen molar-refractivity contribution in [3.05, 3.63) is 11.6 Å². The highest BCUT2D eigenvalue weighted by Gasteiger charge is 2.24. The van der Waals surface area contributed by atoms with Gasteiger partial charge in [-0.1, -0.05) is 18.6 Å². The summed E-state index contributed by atoms with van der Waals surface area (Å²) in [5, 5.41) is 0. The van der Waals surface area contributed by atoms with Gasteiger partial charge in [0.25, 0.3) is 0 Å². The van der Waals surface area contributed by atoms with Gasteiger partial charge in [0.2, 0.25) is 0 Å². The van der Waals surface area contributed by atoms with Gasteiger partial charge in [0, 0.05) is 0 Å². The molecule has 15 heavy (non-hydrogen) atoms. The Morgan fingerprint density at radius 1 is 1.27 bits per heavy atom. The van der Waals surface area contributed by atoms with Gasteiger partial charge < -0.3 is 4.74 Å². The van der Waals surface area contributed by atoms with Gasteiger partial charge in [-0.25, -0.2) is 0 Å². The second-order valence-corrected chi connectivity index (χ2v) is 5.91. The van der Waals surface area contributed by atoms with Crippen LogP contribution < -0.4 is 0 Å². The van der Waals surface area contributed by atoms with Gasteiger partial charge in [-0.3, -0.25) is 0 Å². The Balaban J connectivity index is 2.58. The summed E-state index contributed by atoms with van der Waals surface area (Å²) in [5.41, 5.74) is 1.53. The quantitative estimate of drug-likeness (QED) is 0.585. The molecule has 0 radical (unpaired) electrons. The lowest BCUT2D eigenvalue weighted by molar-refractivity contribution is -0.0866. The molecule has 0 bridgehead atoms. The minimum atomic E-state index is -0.00422. The molecule has 0 spiro atoms. The van der Waals surface area contributed by atoms with Gasteiger partial charge in [-0.05, 0) is 59.3 Å². The van der Waals surface area contributed by atoms with Crippen LogP contribution in [0.15, 0.2) is 11.6 Å². The van der Waals surface area contributed by atoms with E-state index in [-0.39, 0.29) is 5.60 Å². The Hall–Kier alpha value is -0.300. The molecule has 88 valence electrons. The second-order valence-electron chi connectivity index (χ2n) is 5.91. The van der Waals surface area contributed by atoms with Crippen LogP contribution in [0.1, 0.15) is 60.3 Å². The van der Waals surface area contributed by atoms with Crippen LogP contribution in [-0.4, -0.2) is 11.7 Å². The number of hydrogen-bond donors (Lipinski definition) is 0. The van der Waals surface area contributed by atoms with Gasteiger partial charge in [0.1, 0.15) is 0 Å². The average molecular weight is 210 g/mol. The van der Waals surface area contributed by atoms with E-state index >= 15 is 0 Å². The summed E-state index contributed by atoms with van der Waals surface area (Å²) in [6.07, 6.45) is 7.69. The van der Waals surface area contributed by atoms with E-state index in [1.807, 2.05) is 0 Å². The van der Waals surface area contributed by atoms with E-state index in [0.29, 0.717) is 12.0 Å². The first kappa shape index (κ1) is 12.8. The van der Waals surface area contributed by atoms with Crippen LogP contribution in [0.25, 0.3) is 0 Å². The molecule has 0 fully saturated rings. The van der Waals surface area contributed by atoms with Crippen LogP contribution in [-0.2, 0) is 4.74 Å². The molecule has 1 rings (SSSR count). The van der Waals surface area contributed by atoms with E-state index in [0.717, 1.165) is 0 Å². The van der Waals surface area contributed by atoms with Crippen molar-refractivity contribution in [3.8, 4) is 0 Å². The van der Waals surface area contributed by atoms with Crippen molar-refractivity contribution in [3.63, 3.8) is 0 Å². The molecular weight excluding hydrogens is 184 g/mol. The van der Waals surface area contributed by atoms with Crippen molar-refractivity contribution in [2.24, 2.45) is 5.92 Å². The van der Waals surface area contributed by atoms with E-state index in [9.17, 15) is 0 Å². The minimum absolute atomic E-state index is 0.00422. The van der Waals surface area contributed by atoms with Crippen molar-refractivity contribution in [1.82, 2.24) is 0 Å². The molecule has 2 unspecified atom stereocenters. The number of ether oxygens (including phenoxy) is 1. The maximum atomic E-state index is 6.15. The average Bonchev–Trinajstić information content (AvgIpc) is 2.08. The maximum Gasteiger partial charge on any atom is 0.0610 e. The monoisotopic (exact) mass is 210 g/mol. The van der Waals surface area contributed by atoms with Crippen molar-refractivity contribution in [1.29, 1.82) is 0 Å². The summed E-state index contributed by atoms with van der Waals surface area (Å²) in [4.78, 5) is 0. The highest BCUT2D eigenvalue weighted by molar-refractivity contribution is 5.00. The molecule has 0 aliphatic heterocycles. The lowest BCUT2D eigenvalue weighted by atomic mass is 9.90. The highest BCUT2D eigenvalue weighted by Crippen LogP contribution is 2.27. The number of hydrogen-bond acceptors (Lipinski definition) is 1. The van der Waals surface area contributed by atoms with E-state index in [4.69, 9.17) is 4.74 Å². The Morgan fingerprint density at radius 2 is 1.93 bits per heavy atom. The fraction of sp³-hybridized carbons (Fsp3) is 0.857. The van der Waals surface area contributed by atoms with E-state index in [2.05, 4.69) is 40.7 Å². The molecule has 0 aromatic carbocycles. The third kappa shape index (κ3) is 4.83. The normalized spacial score (nSPS) is 32.7. The van der Waals surface area contributed by atoms with Crippen LogP contribution in [0, 0.1) is 5.92 Å². The number of rotatable bonds is 1. The highest BCUT2D eigenvalue weighted by atomic mass is 16.5. The topological polar surface area (TPSA) is 9.23 Å². The molecule has 0 aromatic heterocycles. The van der Waals surface area contributed by atoms with Gasteiger partial charge in [0.05, 0.1) is 11.7 Å². The summed E-state index contributed by atoms with van der Waals surface area (Å²) < 4.78 is 6.15. The largest absolute Gasteiger partial charge is 0.372 e. The predicted molar refractivity (Wildman–Crippen MR) is 66.0 cm³/mol. The lowest BCUT2D eigenvalue weighted by Gasteiger charge is -2.32. The Labute approximate surface area is 94.9 Å². The fourth-order valence-electron chi connectivity index (χ4n) is 2.16. The zero-order chi connectivity index (χ0) is 11.5. The lowest BCUT2D eigenvalue weighted by Crippen LogP contribution is -2.32. The molecule has 1 aliphatic rings. The molecular formula is C14H26O. The first-order valence-corrected chi connectivity index (χ1v) is 6.22. The molecule has 1 aliphatic carbocycles. The van der Waals surface area contributed by atoms with E-state index in [1.165, 1.54) is 31.3 Å². The van der Waals surface area contributed by atoms with Gasteiger partial charge >= 0.3 is 0 Å². The summed E-state index contributed by atoms with van der Waals surface area (Å²) in [7, 11) is 0. The van der Waals surface area contributed by atoms with Crippen LogP contribution in [0.4, 0.5) is 0 Å². The van der Waals surface area contributed by atoms with Gasteiger partial charge in [0.15, 0.2) is 0 Å². The summed E-state index contributed by atoms with van der Waals surface area (Å²) in [6, 6.07) is 0. The molecule has 2 atom stereocenters. The van der Waals surface area contributed by atoms with Crippen LogP contribution in [0.2, 0.25) is 0 Å². The van der Waals surface area contributed by atoms with E-state index < -0.39 is 0 Å². The molecule has 0 heterocycles. The maximum absolute atomic E-state index is 6.15. The first-order valence-electron chi connectivity index (χ1n) is 6.22. The first-order chi connectivity index (χ1) is 6.88. The molecule has 1 nitrogen and oxygen atoms in total. The van der Waals surface area contributed by atoms with Gasteiger partial charge in [-0.15, -0.1) is 0 Å². The Morgan fingerprint density at radius 3 is 2.53 bits per heavy atom.